The summed E-state index contributed by atoms with van der Waals surface area (Å²) in [6, 6.07) is 13.9. The van der Waals surface area contributed by atoms with Crippen LogP contribution in [0.3, 0.4) is 0 Å². The van der Waals surface area contributed by atoms with Crippen LogP contribution in [0.4, 0.5) is 5.69 Å². The van der Waals surface area contributed by atoms with Gasteiger partial charge < -0.3 is 0 Å². The fourth-order valence-electron chi connectivity index (χ4n) is 1.98. The summed E-state index contributed by atoms with van der Waals surface area (Å²) in [4.78, 5) is 13.0. The zero-order valence-corrected chi connectivity index (χ0v) is 13.9. The van der Waals surface area contributed by atoms with Crippen LogP contribution in [0.5, 0.6) is 0 Å². The van der Waals surface area contributed by atoms with Gasteiger partial charge in [0.25, 0.3) is 0 Å². The average Bonchev–Trinajstić information content (AvgIpc) is 2.42. The SMILES string of the molecule is CC(C)Cc1ccccc1Sc1ccc(Br)cc1N=O. The fraction of sp³-hybridized carbons (Fsp3) is 0.250. The van der Waals surface area contributed by atoms with E-state index in [-0.39, 0.29) is 0 Å². The van der Waals surface area contributed by atoms with Gasteiger partial charge >= 0.3 is 0 Å². The Bertz CT molecular complexity index is 613. The molecule has 0 spiro atoms. The highest BCUT2D eigenvalue weighted by Crippen LogP contribution is 2.38. The summed E-state index contributed by atoms with van der Waals surface area (Å²) in [6.45, 7) is 4.42. The Morgan fingerprint density at radius 1 is 1.15 bits per heavy atom. The van der Waals surface area contributed by atoms with E-state index < -0.39 is 0 Å². The van der Waals surface area contributed by atoms with Crippen molar-refractivity contribution in [1.82, 2.24) is 0 Å². The van der Waals surface area contributed by atoms with Crippen LogP contribution in [0, 0.1) is 10.8 Å². The lowest BCUT2D eigenvalue weighted by Gasteiger charge is -2.11. The number of benzene rings is 2. The molecular formula is C16H16BrNOS. The number of halogens is 1. The van der Waals surface area contributed by atoms with Gasteiger partial charge in [0.15, 0.2) is 0 Å². The number of nitroso groups, excluding NO2 is 1. The van der Waals surface area contributed by atoms with Crippen LogP contribution in [0.15, 0.2) is 61.9 Å². The Kier molecular flexibility index (Phi) is 5.38. The van der Waals surface area contributed by atoms with Crippen LogP contribution < -0.4 is 0 Å². The highest BCUT2D eigenvalue weighted by atomic mass is 79.9. The van der Waals surface area contributed by atoms with Crippen molar-refractivity contribution in [3.8, 4) is 0 Å². The summed E-state index contributed by atoms with van der Waals surface area (Å²) >= 11 is 4.96. The molecule has 104 valence electrons. The van der Waals surface area contributed by atoms with Gasteiger partial charge in [-0.25, -0.2) is 0 Å². The first-order valence-electron chi connectivity index (χ1n) is 6.49. The van der Waals surface area contributed by atoms with Crippen LogP contribution in [0.1, 0.15) is 19.4 Å². The molecule has 0 aliphatic carbocycles. The molecule has 4 heteroatoms. The van der Waals surface area contributed by atoms with E-state index in [1.807, 2.05) is 18.2 Å². The molecule has 0 aromatic heterocycles. The van der Waals surface area contributed by atoms with E-state index >= 15 is 0 Å². The van der Waals surface area contributed by atoms with E-state index in [0.717, 1.165) is 15.8 Å². The summed E-state index contributed by atoms with van der Waals surface area (Å²) in [5.74, 6) is 0.602. The molecule has 0 heterocycles. The van der Waals surface area contributed by atoms with Gasteiger partial charge in [0, 0.05) is 14.3 Å². The average molecular weight is 350 g/mol. The number of hydrogen-bond acceptors (Lipinski definition) is 3. The van der Waals surface area contributed by atoms with Gasteiger partial charge in [0.05, 0.1) is 0 Å². The first-order chi connectivity index (χ1) is 9.60. The predicted octanol–water partition coefficient (Wildman–Crippen LogP) is 6.20. The molecule has 0 bridgehead atoms. The largest absolute Gasteiger partial charge is 0.145 e. The molecule has 0 atom stereocenters. The second-order valence-electron chi connectivity index (χ2n) is 5.01. The zero-order valence-electron chi connectivity index (χ0n) is 11.5. The molecule has 0 radical (unpaired) electrons. The van der Waals surface area contributed by atoms with Crippen molar-refractivity contribution >= 4 is 33.4 Å². The quantitative estimate of drug-likeness (QED) is 0.601. The molecule has 20 heavy (non-hydrogen) atoms. The van der Waals surface area contributed by atoms with E-state index in [0.29, 0.717) is 11.6 Å². The molecule has 0 aliphatic rings. The van der Waals surface area contributed by atoms with E-state index in [1.54, 1.807) is 17.8 Å². The van der Waals surface area contributed by atoms with Gasteiger partial charge in [-0.2, -0.15) is 0 Å². The molecule has 0 saturated heterocycles. The maximum atomic E-state index is 10.9. The van der Waals surface area contributed by atoms with Crippen molar-refractivity contribution in [3.05, 3.63) is 57.4 Å². The summed E-state index contributed by atoms with van der Waals surface area (Å²) in [6.07, 6.45) is 1.03. The Hall–Kier alpha value is -1.13. The van der Waals surface area contributed by atoms with Crippen molar-refractivity contribution < 1.29 is 0 Å². The maximum Gasteiger partial charge on any atom is 0.123 e. The molecule has 0 saturated carbocycles. The zero-order chi connectivity index (χ0) is 14.5. The van der Waals surface area contributed by atoms with Crippen molar-refractivity contribution in [2.45, 2.75) is 30.1 Å². The minimum Gasteiger partial charge on any atom is -0.145 e. The van der Waals surface area contributed by atoms with Gasteiger partial charge in [0.1, 0.15) is 5.69 Å². The van der Waals surface area contributed by atoms with E-state index in [4.69, 9.17) is 0 Å². The standard InChI is InChI=1S/C16H16BrNOS/c1-11(2)9-12-5-3-4-6-15(12)20-16-8-7-13(17)10-14(16)18-19/h3-8,10-11H,9H2,1-2H3. The molecule has 0 amide bonds. The molecule has 2 aromatic carbocycles. The number of rotatable bonds is 5. The summed E-state index contributed by atoms with van der Waals surface area (Å²) in [5.41, 5.74) is 1.79. The van der Waals surface area contributed by atoms with Crippen LogP contribution >= 0.6 is 27.7 Å². The lowest BCUT2D eigenvalue weighted by atomic mass is 10.0. The third-order valence-corrected chi connectivity index (χ3v) is 4.52. The van der Waals surface area contributed by atoms with Gasteiger partial charge in [-0.15, -0.1) is 4.91 Å². The van der Waals surface area contributed by atoms with Crippen molar-refractivity contribution in [3.63, 3.8) is 0 Å². The first kappa shape index (κ1) is 15.3. The molecule has 0 fully saturated rings. The van der Waals surface area contributed by atoms with Crippen molar-refractivity contribution in [2.75, 3.05) is 0 Å². The lowest BCUT2D eigenvalue weighted by molar-refractivity contribution is 0.640. The van der Waals surface area contributed by atoms with Crippen LogP contribution in [0.2, 0.25) is 0 Å². The van der Waals surface area contributed by atoms with Crippen LogP contribution in [-0.2, 0) is 6.42 Å². The maximum absolute atomic E-state index is 10.9. The summed E-state index contributed by atoms with van der Waals surface area (Å²) in [7, 11) is 0. The highest BCUT2D eigenvalue weighted by Gasteiger charge is 2.10. The highest BCUT2D eigenvalue weighted by molar-refractivity contribution is 9.10. The smallest absolute Gasteiger partial charge is 0.123 e. The Balaban J connectivity index is 2.32. The Labute approximate surface area is 132 Å². The predicted molar refractivity (Wildman–Crippen MR) is 88.7 cm³/mol. The van der Waals surface area contributed by atoms with Gasteiger partial charge in [0.2, 0.25) is 0 Å². The third kappa shape index (κ3) is 3.93. The fourth-order valence-corrected chi connectivity index (χ4v) is 3.33. The summed E-state index contributed by atoms with van der Waals surface area (Å²) in [5, 5.41) is 3.12. The second kappa shape index (κ2) is 7.04. The Morgan fingerprint density at radius 2 is 1.90 bits per heavy atom. The minimum absolute atomic E-state index is 0.476. The minimum atomic E-state index is 0.476. The second-order valence-corrected chi connectivity index (χ2v) is 7.01. The monoisotopic (exact) mass is 349 g/mol. The molecule has 2 aromatic rings. The first-order valence-corrected chi connectivity index (χ1v) is 8.09. The Morgan fingerprint density at radius 3 is 2.60 bits per heavy atom. The van der Waals surface area contributed by atoms with Crippen molar-refractivity contribution in [1.29, 1.82) is 0 Å². The van der Waals surface area contributed by atoms with Crippen molar-refractivity contribution in [2.24, 2.45) is 11.1 Å². The number of nitrogens with zero attached hydrogens (tertiary/aromatic N) is 1. The normalized spacial score (nSPS) is 10.8. The van der Waals surface area contributed by atoms with Crippen LogP contribution in [0.25, 0.3) is 0 Å². The van der Waals surface area contributed by atoms with E-state index in [2.05, 4.69) is 53.2 Å². The molecular weight excluding hydrogens is 334 g/mol. The third-order valence-electron chi connectivity index (χ3n) is 2.84. The molecule has 0 aliphatic heterocycles. The lowest BCUT2D eigenvalue weighted by Crippen LogP contribution is -1.95. The van der Waals surface area contributed by atoms with Gasteiger partial charge in [-0.1, -0.05) is 59.7 Å². The molecule has 0 N–H and O–H groups in total. The number of hydrogen-bond donors (Lipinski definition) is 0. The summed E-state index contributed by atoms with van der Waals surface area (Å²) < 4.78 is 0.868. The van der Waals surface area contributed by atoms with E-state index in [1.165, 1.54) is 10.5 Å². The van der Waals surface area contributed by atoms with Gasteiger partial charge in [-0.05, 0) is 47.3 Å². The molecule has 0 unspecified atom stereocenters. The molecule has 2 nitrogen and oxygen atoms in total. The van der Waals surface area contributed by atoms with Gasteiger partial charge in [-0.3, -0.25) is 0 Å². The van der Waals surface area contributed by atoms with E-state index in [9.17, 15) is 4.91 Å². The van der Waals surface area contributed by atoms with Crippen LogP contribution in [-0.4, -0.2) is 0 Å². The topological polar surface area (TPSA) is 29.4 Å². The molecule has 2 rings (SSSR count).